The number of aromatic hydroxyl groups is 1. The summed E-state index contributed by atoms with van der Waals surface area (Å²) in [5, 5.41) is 47.7. The maximum Gasteiger partial charge on any atom is 0.307 e. The number of nitrogens with one attached hydrogen (secondary N) is 1. The highest BCUT2D eigenvalue weighted by Gasteiger charge is 2.43. The number of aliphatic hydroxyl groups excluding tert-OH is 3. The molecule has 2 aliphatic rings. The number of allylic oxidation sites excluding steroid dienone is 3. The summed E-state index contributed by atoms with van der Waals surface area (Å²) < 4.78 is 23.9. The topological polar surface area (TPSA) is 198 Å². The van der Waals surface area contributed by atoms with E-state index in [0.29, 0.717) is 12.8 Å². The monoisotopic (exact) mass is 728 g/mol. The van der Waals surface area contributed by atoms with Gasteiger partial charge in [-0.3, -0.25) is 14.4 Å². The lowest BCUT2D eigenvalue weighted by molar-refractivity contribution is -0.112. The molecule has 4 aromatic rings. The molecule has 3 heterocycles. The van der Waals surface area contributed by atoms with Gasteiger partial charge in [0.05, 0.1) is 35.2 Å². The molecule has 280 valence electrons. The molecule has 6 rings (SSSR count). The second kappa shape index (κ2) is 14.3. The van der Waals surface area contributed by atoms with Gasteiger partial charge in [0.2, 0.25) is 10.9 Å². The molecule has 1 aromatic heterocycles. The minimum Gasteiger partial charge on any atom is -0.507 e. The largest absolute Gasteiger partial charge is 0.507 e. The fraction of sp³-hybridized carbons (Fsp3) is 0.400. The van der Waals surface area contributed by atoms with Crippen LogP contribution in [0.25, 0.3) is 38.7 Å². The predicted molar refractivity (Wildman–Crippen MR) is 200 cm³/mol. The van der Waals surface area contributed by atoms with Crippen molar-refractivity contribution in [2.45, 2.75) is 78.5 Å². The Morgan fingerprint density at radius 2 is 1.74 bits per heavy atom. The highest BCUT2D eigenvalue weighted by Crippen LogP contribution is 2.42. The molecule has 2 aliphatic heterocycles. The molecule has 5 N–H and O–H groups in total. The molecule has 0 spiro atoms. The van der Waals surface area contributed by atoms with Crippen molar-refractivity contribution in [3.63, 3.8) is 0 Å². The molecule has 7 atom stereocenters. The van der Waals surface area contributed by atoms with Gasteiger partial charge in [0.25, 0.3) is 5.91 Å². The van der Waals surface area contributed by atoms with Gasteiger partial charge < -0.3 is 44.4 Å². The van der Waals surface area contributed by atoms with E-state index in [1.54, 1.807) is 26.0 Å². The molecule has 0 saturated heterocycles. The highest BCUT2D eigenvalue weighted by molar-refractivity contribution is 6.16. The Balaban J connectivity index is 1.63. The summed E-state index contributed by atoms with van der Waals surface area (Å²) in [6, 6.07) is 4.26. The number of amides is 1. The average molecular weight is 729 g/mol. The fourth-order valence-corrected chi connectivity index (χ4v) is 7.20. The maximum atomic E-state index is 14.4. The van der Waals surface area contributed by atoms with E-state index in [-0.39, 0.29) is 72.6 Å². The zero-order valence-electron chi connectivity index (χ0n) is 30.6. The van der Waals surface area contributed by atoms with E-state index in [1.807, 2.05) is 19.9 Å². The molecule has 13 heteroatoms. The average Bonchev–Trinajstić information content (AvgIpc) is 3.38. The van der Waals surface area contributed by atoms with Gasteiger partial charge in [-0.1, -0.05) is 45.1 Å². The Labute approximate surface area is 304 Å². The maximum absolute atomic E-state index is 14.4. The minimum atomic E-state index is -1.90. The summed E-state index contributed by atoms with van der Waals surface area (Å²) >= 11 is 0. The first kappa shape index (κ1) is 37.5. The van der Waals surface area contributed by atoms with Gasteiger partial charge in [0.15, 0.2) is 22.4 Å². The van der Waals surface area contributed by atoms with Crippen molar-refractivity contribution in [1.82, 2.24) is 4.98 Å². The van der Waals surface area contributed by atoms with Crippen molar-refractivity contribution in [3.05, 3.63) is 85.6 Å². The predicted octanol–water partition coefficient (Wildman–Crippen LogP) is 4.77. The molecule has 0 fully saturated rings. The Hall–Kier alpha value is -5.24. The fourth-order valence-electron chi connectivity index (χ4n) is 7.20. The van der Waals surface area contributed by atoms with Crippen molar-refractivity contribution < 1.29 is 43.8 Å². The molecule has 4 bridgehead atoms. The van der Waals surface area contributed by atoms with E-state index in [0.717, 1.165) is 0 Å². The summed E-state index contributed by atoms with van der Waals surface area (Å²) in [5.41, 5.74) is -1.65. The normalized spacial score (nSPS) is 29.5. The number of ether oxygens (including phenoxy) is 3. The van der Waals surface area contributed by atoms with Gasteiger partial charge in [-0.05, 0) is 56.7 Å². The first-order valence-electron chi connectivity index (χ1n) is 17.5. The number of carbonyl (C=O) groups is 1. The number of hydrogen-bond acceptors (Lipinski definition) is 12. The quantitative estimate of drug-likeness (QED) is 0.133. The number of nitrogens with zero attached hydrogens (tertiary/aromatic N) is 1. The Kier molecular flexibility index (Phi) is 10.1. The summed E-state index contributed by atoms with van der Waals surface area (Å²) in [4.78, 5) is 45.5. The van der Waals surface area contributed by atoms with Crippen molar-refractivity contribution in [1.29, 1.82) is 0 Å². The van der Waals surface area contributed by atoms with Crippen LogP contribution < -0.4 is 26.1 Å². The highest BCUT2D eigenvalue weighted by atomic mass is 16.7. The number of aromatic nitrogens is 1. The van der Waals surface area contributed by atoms with Crippen molar-refractivity contribution in [2.24, 2.45) is 17.8 Å². The minimum absolute atomic E-state index is 0.0205. The van der Waals surface area contributed by atoms with E-state index in [1.165, 1.54) is 51.5 Å². The molecule has 0 saturated carbocycles. The zero-order valence-corrected chi connectivity index (χ0v) is 30.6. The first-order chi connectivity index (χ1) is 25.1. The third-order valence-corrected chi connectivity index (χ3v) is 10.2. The molecular weight excluding hydrogens is 684 g/mol. The number of fused-ring (bicyclic) bond motifs is 2. The number of phenols is 1. The second-order valence-corrected chi connectivity index (χ2v) is 14.3. The summed E-state index contributed by atoms with van der Waals surface area (Å²) in [7, 11) is 1.45. The van der Waals surface area contributed by atoms with Crippen LogP contribution in [0.15, 0.2) is 68.3 Å². The van der Waals surface area contributed by atoms with Crippen LogP contribution in [0.2, 0.25) is 0 Å². The van der Waals surface area contributed by atoms with Gasteiger partial charge in [-0.25, -0.2) is 4.98 Å². The third-order valence-electron chi connectivity index (χ3n) is 10.2. The summed E-state index contributed by atoms with van der Waals surface area (Å²) in [6.07, 6.45) is 6.11. The van der Waals surface area contributed by atoms with Crippen LogP contribution >= 0.6 is 0 Å². The van der Waals surface area contributed by atoms with Gasteiger partial charge in [0.1, 0.15) is 22.7 Å². The standard InChI is InChI=1S/C40H44N2O11/c1-18-10-8-11-20(3)39(49)42-32-35(47)28-27(31-37(32)52-26-13-9-12-23(43)30(26)41-31)29-36(22(5)34(28)46)53-40(6,38(29)48)51-15-14-25(50-7)21(4)33(45)24(44)17-19(2)16-18/h8-15,18-19,21,24-25,33,44-46,48H,16-17H2,1-7H3,(H,42,49)/b10-8+,15-14+,20-11-/t18-,19+,21+,24+,25-,33+,40-/m0/s1. The van der Waals surface area contributed by atoms with Gasteiger partial charge in [-0.15, -0.1) is 0 Å². The molecule has 0 unspecified atom stereocenters. The third kappa shape index (κ3) is 6.64. The van der Waals surface area contributed by atoms with E-state index >= 15 is 0 Å². The number of aliphatic hydroxyl groups is 3. The SMILES string of the molecule is CO[C@H]1/C=C/O[C@@]2(C)Oc3c(C)c(O)c4c(=O)c(c5oc6cccc(=O)c6nc5c4c3=C2O)NC(=O)/C(C)=C\C=C\[C@H](C)C[C@@H](C)C[C@@H](O)[C@H](O)[C@@H]1C. The Bertz CT molecular complexity index is 2400. The lowest BCUT2D eigenvalue weighted by Crippen LogP contribution is -2.39. The number of para-hydroxylation sites is 1. The van der Waals surface area contributed by atoms with Crippen LogP contribution in [-0.4, -0.2) is 62.5 Å². The molecule has 0 aliphatic carbocycles. The van der Waals surface area contributed by atoms with Crippen LogP contribution in [0.4, 0.5) is 5.69 Å². The van der Waals surface area contributed by atoms with Crippen molar-refractivity contribution in [2.75, 3.05) is 12.4 Å². The molecule has 1 amide bonds. The molecule has 3 aromatic carbocycles. The van der Waals surface area contributed by atoms with Gasteiger partial charge in [-0.2, -0.15) is 0 Å². The molecule has 13 nitrogen and oxygen atoms in total. The van der Waals surface area contributed by atoms with E-state index < -0.39 is 58.3 Å². The summed E-state index contributed by atoms with van der Waals surface area (Å²) in [6.45, 7) is 10.2. The molecule has 53 heavy (non-hydrogen) atoms. The van der Waals surface area contributed by atoms with Crippen LogP contribution in [0.1, 0.15) is 53.0 Å². The van der Waals surface area contributed by atoms with E-state index in [9.17, 15) is 34.8 Å². The Morgan fingerprint density at radius 1 is 1.00 bits per heavy atom. The number of rotatable bonds is 1. The number of hydrogen-bond donors (Lipinski definition) is 5. The van der Waals surface area contributed by atoms with Crippen LogP contribution in [-0.2, 0) is 14.3 Å². The lowest BCUT2D eigenvalue weighted by atomic mass is 9.86. The summed E-state index contributed by atoms with van der Waals surface area (Å²) in [5.74, 6) is -4.04. The van der Waals surface area contributed by atoms with Gasteiger partial charge in [0, 0.05) is 36.5 Å². The first-order valence-corrected chi connectivity index (χ1v) is 17.5. The lowest BCUT2D eigenvalue weighted by Gasteiger charge is -2.30. The number of anilines is 1. The number of phenolic OH excluding ortho intramolecular Hbond substituents is 1. The second-order valence-electron chi connectivity index (χ2n) is 14.3. The van der Waals surface area contributed by atoms with E-state index in [2.05, 4.69) is 10.3 Å². The van der Waals surface area contributed by atoms with Crippen LogP contribution in [0.5, 0.6) is 11.5 Å². The molecular formula is C40H44N2O11. The van der Waals surface area contributed by atoms with E-state index in [4.69, 9.17) is 18.6 Å². The zero-order chi connectivity index (χ0) is 38.5. The van der Waals surface area contributed by atoms with Gasteiger partial charge >= 0.3 is 5.79 Å². The molecule has 0 radical (unpaired) electrons. The Morgan fingerprint density at radius 3 is 2.45 bits per heavy atom. The van der Waals surface area contributed by atoms with Crippen LogP contribution in [0, 0.1) is 24.7 Å². The smallest absolute Gasteiger partial charge is 0.307 e. The van der Waals surface area contributed by atoms with Crippen molar-refractivity contribution in [3.8, 4) is 11.5 Å². The van der Waals surface area contributed by atoms with Crippen LogP contribution in [0.3, 0.4) is 0 Å². The number of methoxy groups -OCH3 is 1. The van der Waals surface area contributed by atoms with Crippen molar-refractivity contribution >= 4 is 50.3 Å². The number of carbonyl (C=O) groups excluding carboxylic acids is 1. The number of benzene rings is 3.